The van der Waals surface area contributed by atoms with E-state index < -0.39 is 29.0 Å². The molecule has 0 fully saturated rings. The molecule has 0 bridgehead atoms. The minimum Gasteiger partial charge on any atom is -0.496 e. The van der Waals surface area contributed by atoms with Crippen molar-refractivity contribution in [3.05, 3.63) is 50.3 Å². The zero-order chi connectivity index (χ0) is 22.8. The van der Waals surface area contributed by atoms with E-state index in [4.69, 9.17) is 25.8 Å². The molecule has 2 aromatic rings. The number of benzene rings is 1. The van der Waals surface area contributed by atoms with Gasteiger partial charge in [0, 0.05) is 35.6 Å². The SMILES string of the molecule is COc1cc(OC)c2c(c1Cl)OC1(C(=O)C3=C(CC1C)NC(=O)CC3c1ccsc1)C2=O. The quantitative estimate of drug-likeness (QED) is 0.680. The second-order valence-electron chi connectivity index (χ2n) is 8.15. The van der Waals surface area contributed by atoms with Gasteiger partial charge in [-0.2, -0.15) is 11.3 Å². The van der Waals surface area contributed by atoms with Crippen molar-refractivity contribution in [2.24, 2.45) is 5.92 Å². The van der Waals surface area contributed by atoms with Gasteiger partial charge in [-0.1, -0.05) is 18.5 Å². The Kier molecular flexibility index (Phi) is 4.83. The number of carbonyl (C=O) groups is 3. The van der Waals surface area contributed by atoms with E-state index in [1.807, 2.05) is 16.8 Å². The molecule has 32 heavy (non-hydrogen) atoms. The molecule has 0 saturated carbocycles. The van der Waals surface area contributed by atoms with Crippen LogP contribution in [0, 0.1) is 5.92 Å². The molecule has 3 unspecified atom stereocenters. The minimum atomic E-state index is -1.78. The van der Waals surface area contributed by atoms with E-state index in [0.717, 1.165) is 5.56 Å². The zero-order valence-electron chi connectivity index (χ0n) is 17.6. The van der Waals surface area contributed by atoms with Gasteiger partial charge in [-0.15, -0.1) is 0 Å². The number of allylic oxidation sites excluding steroid dienone is 1. The highest BCUT2D eigenvalue weighted by atomic mass is 35.5. The largest absolute Gasteiger partial charge is 0.496 e. The number of Topliss-reactive ketones (excluding diaryl/α,β-unsaturated/α-hetero) is 2. The molecule has 1 N–H and O–H groups in total. The minimum absolute atomic E-state index is 0.0871. The summed E-state index contributed by atoms with van der Waals surface area (Å²) in [6, 6.07) is 3.41. The first-order chi connectivity index (χ1) is 15.3. The summed E-state index contributed by atoms with van der Waals surface area (Å²) in [4.78, 5) is 40.3. The summed E-state index contributed by atoms with van der Waals surface area (Å²) in [7, 11) is 2.87. The van der Waals surface area contributed by atoms with Crippen molar-refractivity contribution >= 4 is 40.4 Å². The van der Waals surface area contributed by atoms with Crippen molar-refractivity contribution in [3.8, 4) is 17.2 Å². The topological polar surface area (TPSA) is 90.9 Å². The molecule has 0 radical (unpaired) electrons. The highest BCUT2D eigenvalue weighted by molar-refractivity contribution is 7.08. The van der Waals surface area contributed by atoms with E-state index in [-0.39, 0.29) is 40.2 Å². The summed E-state index contributed by atoms with van der Waals surface area (Å²) in [5.74, 6) is -1.45. The summed E-state index contributed by atoms with van der Waals surface area (Å²) >= 11 is 7.97. The van der Waals surface area contributed by atoms with Gasteiger partial charge in [-0.25, -0.2) is 0 Å². The van der Waals surface area contributed by atoms with E-state index in [0.29, 0.717) is 17.7 Å². The Balaban J connectivity index is 1.68. The number of hydrogen-bond acceptors (Lipinski definition) is 7. The molecule has 1 aromatic carbocycles. The van der Waals surface area contributed by atoms with Gasteiger partial charge in [0.1, 0.15) is 22.1 Å². The molecule has 9 heteroatoms. The van der Waals surface area contributed by atoms with E-state index in [1.165, 1.54) is 31.6 Å². The van der Waals surface area contributed by atoms with Crippen LogP contribution in [0.25, 0.3) is 0 Å². The van der Waals surface area contributed by atoms with Crippen LogP contribution in [0.5, 0.6) is 17.2 Å². The predicted molar refractivity (Wildman–Crippen MR) is 118 cm³/mol. The number of amides is 1. The number of thiophene rings is 1. The van der Waals surface area contributed by atoms with Crippen LogP contribution in [-0.2, 0) is 9.59 Å². The number of fused-ring (bicyclic) bond motifs is 1. The fourth-order valence-corrected chi connectivity index (χ4v) is 5.93. The molecular formula is C23H20ClNO6S. The Morgan fingerprint density at radius 3 is 2.56 bits per heavy atom. The number of carbonyl (C=O) groups excluding carboxylic acids is 3. The Labute approximate surface area is 193 Å². The van der Waals surface area contributed by atoms with Gasteiger partial charge < -0.3 is 19.5 Å². The summed E-state index contributed by atoms with van der Waals surface area (Å²) in [5.41, 5.74) is 0.207. The van der Waals surface area contributed by atoms with Crippen LogP contribution in [0.4, 0.5) is 0 Å². The number of halogens is 1. The van der Waals surface area contributed by atoms with Crippen molar-refractivity contribution in [1.29, 1.82) is 0 Å². The molecule has 1 spiro atoms. The lowest BCUT2D eigenvalue weighted by Gasteiger charge is -2.41. The Bertz CT molecular complexity index is 1200. The van der Waals surface area contributed by atoms with E-state index in [2.05, 4.69) is 5.32 Å². The maximum absolute atomic E-state index is 14.1. The average molecular weight is 474 g/mol. The normalized spacial score (nSPS) is 26.6. The fraction of sp³-hybridized carbons (Fsp3) is 0.348. The van der Waals surface area contributed by atoms with Crippen molar-refractivity contribution in [3.63, 3.8) is 0 Å². The smallest absolute Gasteiger partial charge is 0.236 e. The van der Waals surface area contributed by atoms with Crippen molar-refractivity contribution in [1.82, 2.24) is 5.32 Å². The average Bonchev–Trinajstić information content (AvgIpc) is 3.40. The summed E-state index contributed by atoms with van der Waals surface area (Å²) < 4.78 is 16.9. The lowest BCUT2D eigenvalue weighted by atomic mass is 9.66. The van der Waals surface area contributed by atoms with Gasteiger partial charge in [0.15, 0.2) is 5.75 Å². The first kappa shape index (κ1) is 21.0. The monoisotopic (exact) mass is 473 g/mol. The molecule has 166 valence electrons. The van der Waals surface area contributed by atoms with Gasteiger partial charge in [-0.3, -0.25) is 14.4 Å². The molecule has 1 aliphatic carbocycles. The first-order valence-electron chi connectivity index (χ1n) is 10.1. The Hall–Kier alpha value is -2.84. The summed E-state index contributed by atoms with van der Waals surface area (Å²) in [5, 5.41) is 6.78. The molecular weight excluding hydrogens is 454 g/mol. The van der Waals surface area contributed by atoms with Crippen molar-refractivity contribution in [2.75, 3.05) is 14.2 Å². The number of rotatable bonds is 3. The molecule has 3 atom stereocenters. The molecule has 0 saturated heterocycles. The fourth-order valence-electron chi connectivity index (χ4n) is 4.95. The molecule has 7 nitrogen and oxygen atoms in total. The maximum Gasteiger partial charge on any atom is 0.236 e. The zero-order valence-corrected chi connectivity index (χ0v) is 19.2. The molecule has 1 aromatic heterocycles. The molecule has 3 aliphatic rings. The van der Waals surface area contributed by atoms with Crippen LogP contribution < -0.4 is 19.5 Å². The van der Waals surface area contributed by atoms with Crippen LogP contribution in [-0.4, -0.2) is 37.3 Å². The van der Waals surface area contributed by atoms with Crippen LogP contribution in [0.1, 0.15) is 41.6 Å². The number of hydrogen-bond donors (Lipinski definition) is 1. The number of ketones is 2. The number of nitrogens with one attached hydrogen (secondary N) is 1. The maximum atomic E-state index is 14.1. The summed E-state index contributed by atoms with van der Waals surface area (Å²) in [6.07, 6.45) is 0.440. The molecule has 1 amide bonds. The van der Waals surface area contributed by atoms with Gasteiger partial charge in [-0.05, 0) is 28.8 Å². The molecule has 5 rings (SSSR count). The lowest BCUT2D eigenvalue weighted by Crippen LogP contribution is -2.59. The molecule has 3 heterocycles. The number of ether oxygens (including phenoxy) is 3. The predicted octanol–water partition coefficient (Wildman–Crippen LogP) is 3.90. The Morgan fingerprint density at radius 1 is 1.16 bits per heavy atom. The van der Waals surface area contributed by atoms with E-state index in [1.54, 1.807) is 6.92 Å². The van der Waals surface area contributed by atoms with E-state index in [9.17, 15) is 14.4 Å². The third-order valence-electron chi connectivity index (χ3n) is 6.50. The lowest BCUT2D eigenvalue weighted by molar-refractivity contribution is -0.131. The third kappa shape index (κ3) is 2.69. The third-order valence-corrected chi connectivity index (χ3v) is 7.56. The summed E-state index contributed by atoms with van der Waals surface area (Å²) in [6.45, 7) is 1.77. The van der Waals surface area contributed by atoms with Crippen LogP contribution in [0.3, 0.4) is 0 Å². The van der Waals surface area contributed by atoms with Crippen LogP contribution in [0.2, 0.25) is 5.02 Å². The Morgan fingerprint density at radius 2 is 1.91 bits per heavy atom. The highest BCUT2D eigenvalue weighted by Gasteiger charge is 2.63. The standard InChI is InChI=1S/C23H20ClNO6S/c1-10-6-13-17(12(7-16(26)25-13)11-4-5-32-9-11)21(27)23(10)22(28)18-14(29-2)8-15(30-3)19(24)20(18)31-23/h4-5,8-10,12H,6-7H2,1-3H3,(H,25,26). The highest BCUT2D eigenvalue weighted by Crippen LogP contribution is 2.55. The molecule has 2 aliphatic heterocycles. The van der Waals surface area contributed by atoms with Gasteiger partial charge in [0.25, 0.3) is 0 Å². The number of methoxy groups -OCH3 is 2. The van der Waals surface area contributed by atoms with Gasteiger partial charge in [0.05, 0.1) is 14.2 Å². The van der Waals surface area contributed by atoms with Crippen LogP contribution in [0.15, 0.2) is 34.2 Å². The second-order valence-corrected chi connectivity index (χ2v) is 9.31. The van der Waals surface area contributed by atoms with Gasteiger partial charge in [0.2, 0.25) is 23.1 Å². The van der Waals surface area contributed by atoms with Crippen molar-refractivity contribution < 1.29 is 28.6 Å². The van der Waals surface area contributed by atoms with Crippen molar-refractivity contribution in [2.45, 2.75) is 31.3 Å². The first-order valence-corrected chi connectivity index (χ1v) is 11.4. The second kappa shape index (κ2) is 7.35. The van der Waals surface area contributed by atoms with Crippen LogP contribution >= 0.6 is 22.9 Å². The van der Waals surface area contributed by atoms with E-state index >= 15 is 0 Å². The van der Waals surface area contributed by atoms with Gasteiger partial charge >= 0.3 is 0 Å².